The molecule has 0 amide bonds. The fraction of sp³-hybridized carbons (Fsp3) is 0.452. The largest absolute Gasteiger partial charge is 0.212 e. The summed E-state index contributed by atoms with van der Waals surface area (Å²) in [7, 11) is -1.28. The maximum absolute atomic E-state index is 9.00. The van der Waals surface area contributed by atoms with Crippen LogP contribution in [0.25, 0.3) is 22.4 Å². The Morgan fingerprint density at radius 2 is 1.47 bits per heavy atom. The molecule has 0 fully saturated rings. The Morgan fingerprint density at radius 3 is 1.97 bits per heavy atom. The molecule has 0 N–H and O–H groups in total. The molecule has 0 bridgehead atoms. The maximum atomic E-state index is 9.00. The minimum absolute atomic E-state index is 0.0622. The van der Waals surface area contributed by atoms with Crippen LogP contribution in [0.3, 0.4) is 0 Å². The molecule has 0 radical (unpaired) electrons. The van der Waals surface area contributed by atoms with Gasteiger partial charge in [0.05, 0.1) is 16.1 Å². The quantitative estimate of drug-likeness (QED) is 0.263. The van der Waals surface area contributed by atoms with Gasteiger partial charge in [0.25, 0.3) is 0 Å². The topological polar surface area (TPSA) is 3.88 Å². The second kappa shape index (κ2) is 9.24. The molecule has 0 unspecified atom stereocenters. The molecular formula is C31H46NSi2+. The van der Waals surface area contributed by atoms with Gasteiger partial charge in [-0.1, -0.05) is 101 Å². The standard InChI is InChI=1S/C31H46NSi2/c1-22-17-30(34(10,11)12)28(24-13-15-26(16-14-24)33(7,8)9)19-27(22)29-18-25(20-31(3,4)5)23(2)21-32(29)6/h13-19,21H,20H2,1-12H3/q+1/i2D3,20D2. The summed E-state index contributed by atoms with van der Waals surface area (Å²) >= 11 is 0. The van der Waals surface area contributed by atoms with Crippen molar-refractivity contribution in [2.75, 3.05) is 0 Å². The summed E-state index contributed by atoms with van der Waals surface area (Å²) in [6.07, 6.45) is -0.239. The van der Waals surface area contributed by atoms with Gasteiger partial charge in [-0.15, -0.1) is 0 Å². The Hall–Kier alpha value is -1.98. The lowest BCUT2D eigenvalue weighted by molar-refractivity contribution is -0.660. The minimum atomic E-state index is -2.43. The average molecular weight is 494 g/mol. The van der Waals surface area contributed by atoms with Gasteiger partial charge in [0.2, 0.25) is 5.69 Å². The first-order valence-corrected chi connectivity index (χ1v) is 19.3. The third-order valence-electron chi connectivity index (χ3n) is 6.29. The number of pyridine rings is 1. The van der Waals surface area contributed by atoms with Crippen molar-refractivity contribution in [2.45, 2.75) is 80.2 Å². The molecule has 0 saturated heterocycles. The van der Waals surface area contributed by atoms with E-state index < -0.39 is 34.8 Å². The van der Waals surface area contributed by atoms with Crippen LogP contribution < -0.4 is 14.9 Å². The summed E-state index contributed by atoms with van der Waals surface area (Å²) in [6, 6.07) is 15.4. The van der Waals surface area contributed by atoms with Crippen LogP contribution in [-0.2, 0) is 13.4 Å². The Kier molecular flexibility index (Phi) is 5.50. The summed E-state index contributed by atoms with van der Waals surface area (Å²) in [5.41, 5.74) is 4.81. The van der Waals surface area contributed by atoms with Gasteiger partial charge in [-0.2, -0.15) is 0 Å². The molecule has 34 heavy (non-hydrogen) atoms. The van der Waals surface area contributed by atoms with E-state index in [9.17, 15) is 0 Å². The van der Waals surface area contributed by atoms with E-state index in [1.807, 2.05) is 32.4 Å². The van der Waals surface area contributed by atoms with Crippen LogP contribution >= 0.6 is 0 Å². The molecule has 182 valence electrons. The summed E-state index contributed by atoms with van der Waals surface area (Å²) in [6.45, 7) is 19.3. The van der Waals surface area contributed by atoms with Crippen molar-refractivity contribution in [3.63, 3.8) is 0 Å². The summed E-state index contributed by atoms with van der Waals surface area (Å²) in [4.78, 5) is 0. The second-order valence-electron chi connectivity index (χ2n) is 12.8. The van der Waals surface area contributed by atoms with Crippen LogP contribution in [0.4, 0.5) is 0 Å². The summed E-state index contributed by atoms with van der Waals surface area (Å²) in [5.74, 6) is 0. The monoisotopic (exact) mass is 493 g/mol. The summed E-state index contributed by atoms with van der Waals surface area (Å²) < 4.78 is 44.4. The van der Waals surface area contributed by atoms with E-state index in [1.54, 1.807) is 12.3 Å². The number of nitrogens with zero attached hydrogens (tertiary/aromatic N) is 1. The highest BCUT2D eigenvalue weighted by Crippen LogP contribution is 2.31. The highest BCUT2D eigenvalue weighted by Gasteiger charge is 2.26. The van der Waals surface area contributed by atoms with Crippen LogP contribution in [0.15, 0.2) is 48.7 Å². The molecule has 0 aliphatic heterocycles. The highest BCUT2D eigenvalue weighted by molar-refractivity contribution is 6.90. The third kappa shape index (κ3) is 5.98. The molecule has 0 spiro atoms. The first-order valence-electron chi connectivity index (χ1n) is 14.8. The predicted molar refractivity (Wildman–Crippen MR) is 157 cm³/mol. The Bertz CT molecular complexity index is 1370. The molecule has 2 aromatic carbocycles. The molecule has 1 aromatic heterocycles. The number of aromatic nitrogens is 1. The van der Waals surface area contributed by atoms with Gasteiger partial charge in [0.15, 0.2) is 6.20 Å². The van der Waals surface area contributed by atoms with E-state index in [4.69, 9.17) is 6.85 Å². The van der Waals surface area contributed by atoms with Crippen molar-refractivity contribution in [3.05, 3.63) is 65.4 Å². The van der Waals surface area contributed by atoms with E-state index in [-0.39, 0.29) is 11.1 Å². The van der Waals surface area contributed by atoms with E-state index in [0.29, 0.717) is 0 Å². The Morgan fingerprint density at radius 1 is 0.853 bits per heavy atom. The van der Waals surface area contributed by atoms with Gasteiger partial charge in [0.1, 0.15) is 7.05 Å². The Balaban J connectivity index is 2.38. The molecule has 1 heterocycles. The van der Waals surface area contributed by atoms with E-state index in [2.05, 4.69) is 82.6 Å². The van der Waals surface area contributed by atoms with Crippen molar-refractivity contribution in [2.24, 2.45) is 12.5 Å². The fourth-order valence-electron chi connectivity index (χ4n) is 4.42. The molecule has 1 nitrogen and oxygen atoms in total. The van der Waals surface area contributed by atoms with Crippen LogP contribution in [-0.4, -0.2) is 16.1 Å². The number of aryl methyl sites for hydroxylation is 3. The summed E-state index contributed by atoms with van der Waals surface area (Å²) in [5, 5.41) is 2.81. The number of hydrogen-bond donors (Lipinski definition) is 0. The lowest BCUT2D eigenvalue weighted by atomic mass is 9.86. The number of hydrogen-bond acceptors (Lipinski definition) is 0. The van der Waals surface area contributed by atoms with Crippen LogP contribution in [0, 0.1) is 19.2 Å². The second-order valence-corrected chi connectivity index (χ2v) is 22.9. The van der Waals surface area contributed by atoms with Gasteiger partial charge in [0, 0.05) is 24.0 Å². The minimum Gasteiger partial charge on any atom is -0.201 e. The van der Waals surface area contributed by atoms with Crippen molar-refractivity contribution in [1.82, 2.24) is 0 Å². The Labute approximate surface area is 218 Å². The molecule has 0 saturated carbocycles. The van der Waals surface area contributed by atoms with E-state index in [1.165, 1.54) is 21.5 Å². The first kappa shape index (κ1) is 20.2. The predicted octanol–water partition coefficient (Wildman–Crippen LogP) is 7.14. The van der Waals surface area contributed by atoms with Crippen LogP contribution in [0.2, 0.25) is 39.3 Å². The molecule has 0 atom stereocenters. The van der Waals surface area contributed by atoms with Crippen molar-refractivity contribution in [1.29, 1.82) is 0 Å². The molecule has 0 aliphatic rings. The molecule has 3 heteroatoms. The van der Waals surface area contributed by atoms with E-state index >= 15 is 0 Å². The van der Waals surface area contributed by atoms with Gasteiger partial charge >= 0.3 is 0 Å². The zero-order chi connectivity index (χ0) is 29.9. The SMILES string of the molecule is [2H]C([2H])([2H])c1c[n+](C)c(-c2cc(-c3ccc([Si](C)(C)C)cc3)c([Si](C)(C)C)cc2C)cc1C([2H])([2H])C(C)(C)C. The molecule has 3 aromatic rings. The van der Waals surface area contributed by atoms with Gasteiger partial charge in [-0.25, -0.2) is 4.57 Å². The fourth-order valence-corrected chi connectivity index (χ4v) is 7.26. The zero-order valence-electron chi connectivity index (χ0n) is 28.1. The maximum Gasteiger partial charge on any atom is 0.212 e. The number of benzene rings is 2. The first-order chi connectivity index (χ1) is 17.5. The van der Waals surface area contributed by atoms with Crippen LogP contribution in [0.5, 0.6) is 0 Å². The smallest absolute Gasteiger partial charge is 0.201 e. The van der Waals surface area contributed by atoms with Gasteiger partial charge in [-0.3, -0.25) is 0 Å². The molecule has 0 aliphatic carbocycles. The molecule has 3 rings (SSSR count). The average Bonchev–Trinajstić information content (AvgIpc) is 2.76. The van der Waals surface area contributed by atoms with Crippen molar-refractivity contribution < 1.29 is 11.4 Å². The third-order valence-corrected chi connectivity index (χ3v) is 10.4. The lowest BCUT2D eigenvalue weighted by Crippen LogP contribution is -2.40. The van der Waals surface area contributed by atoms with E-state index in [0.717, 1.165) is 16.8 Å². The normalized spacial score (nSPS) is 15.8. The zero-order valence-corrected chi connectivity index (χ0v) is 25.1. The van der Waals surface area contributed by atoms with Gasteiger partial charge < -0.3 is 0 Å². The van der Waals surface area contributed by atoms with Crippen LogP contribution in [0.1, 0.15) is 44.3 Å². The molecular weight excluding hydrogens is 443 g/mol. The van der Waals surface area contributed by atoms with Gasteiger partial charge in [-0.05, 0) is 53.9 Å². The van der Waals surface area contributed by atoms with Crippen molar-refractivity contribution in [3.8, 4) is 22.4 Å². The highest BCUT2D eigenvalue weighted by atomic mass is 28.3. The lowest BCUT2D eigenvalue weighted by Gasteiger charge is -2.24. The number of rotatable bonds is 5. The van der Waals surface area contributed by atoms with Crippen molar-refractivity contribution >= 4 is 26.5 Å².